The molecule has 0 aromatic heterocycles. The molecule has 0 bridgehead atoms. The summed E-state index contributed by atoms with van der Waals surface area (Å²) < 4.78 is 18.9. The highest BCUT2D eigenvalue weighted by molar-refractivity contribution is 5.71. The predicted octanol–water partition coefficient (Wildman–Crippen LogP) is 4.98. The molecule has 1 spiro atoms. The quantitative estimate of drug-likeness (QED) is 0.468. The summed E-state index contributed by atoms with van der Waals surface area (Å²) in [5.74, 6) is 2.80. The first-order valence-corrected chi connectivity index (χ1v) is 13.7. The van der Waals surface area contributed by atoms with Crippen LogP contribution in [0.4, 0.5) is 0 Å². The summed E-state index contributed by atoms with van der Waals surface area (Å²) in [5, 5.41) is 0. The minimum Gasteiger partial charge on any atom is -0.461 e. The van der Waals surface area contributed by atoms with Crippen LogP contribution in [0.3, 0.4) is 0 Å². The van der Waals surface area contributed by atoms with Gasteiger partial charge in [-0.2, -0.15) is 0 Å². The lowest BCUT2D eigenvalue weighted by Gasteiger charge is -2.58. The highest BCUT2D eigenvalue weighted by Crippen LogP contribution is 2.70. The molecule has 33 heavy (non-hydrogen) atoms. The lowest BCUT2D eigenvalue weighted by molar-refractivity contribution is -0.264. The standard InChI is InChI=1S/C28H43NO4/c1-17-25-23(33-28(17)10-4-5-13-31-28)15-22-20-7-6-18-14-19(32-24(30)16-29)8-11-26(18,2)21(20)9-12-27(22,25)3/h6,17,19-23,25H,4-5,7-16,29H2,1-3H3/t17-,19-,20+,21-,22-,23-,25-,26-,27-,28+/m0/s1. The molecule has 0 aromatic rings. The molecule has 0 unspecified atom stereocenters. The minimum absolute atomic E-state index is 0.0116. The topological polar surface area (TPSA) is 70.8 Å². The molecular weight excluding hydrogens is 414 g/mol. The summed E-state index contributed by atoms with van der Waals surface area (Å²) in [7, 11) is 0. The Morgan fingerprint density at radius 2 is 2.03 bits per heavy atom. The van der Waals surface area contributed by atoms with Crippen LogP contribution in [0.1, 0.15) is 85.0 Å². The van der Waals surface area contributed by atoms with Gasteiger partial charge in [0.05, 0.1) is 19.3 Å². The lowest BCUT2D eigenvalue weighted by atomic mass is 9.47. The number of nitrogens with two attached hydrogens (primary N) is 1. The second-order valence-electron chi connectivity index (χ2n) is 12.7. The summed E-state index contributed by atoms with van der Waals surface area (Å²) in [6, 6.07) is 0. The van der Waals surface area contributed by atoms with Gasteiger partial charge in [-0.25, -0.2) is 0 Å². The van der Waals surface area contributed by atoms with E-state index in [-0.39, 0.29) is 29.8 Å². The fraction of sp³-hybridized carbons (Fsp3) is 0.893. The van der Waals surface area contributed by atoms with Crippen molar-refractivity contribution in [3.05, 3.63) is 11.6 Å². The average molecular weight is 458 g/mol. The van der Waals surface area contributed by atoms with E-state index in [1.54, 1.807) is 5.57 Å². The van der Waals surface area contributed by atoms with Gasteiger partial charge in [-0.3, -0.25) is 4.79 Å². The van der Waals surface area contributed by atoms with Crippen LogP contribution >= 0.6 is 0 Å². The van der Waals surface area contributed by atoms with E-state index in [2.05, 4.69) is 26.8 Å². The van der Waals surface area contributed by atoms with Gasteiger partial charge in [-0.05, 0) is 85.9 Å². The number of rotatable bonds is 2. The average Bonchev–Trinajstić information content (AvgIpc) is 3.24. The van der Waals surface area contributed by atoms with Crippen molar-refractivity contribution in [1.29, 1.82) is 0 Å². The Bertz CT molecular complexity index is 834. The lowest BCUT2D eigenvalue weighted by Crippen LogP contribution is -2.52. The zero-order valence-corrected chi connectivity index (χ0v) is 20.8. The van der Waals surface area contributed by atoms with Crippen LogP contribution in [0, 0.1) is 40.4 Å². The van der Waals surface area contributed by atoms with Gasteiger partial charge >= 0.3 is 5.97 Å². The van der Waals surface area contributed by atoms with Gasteiger partial charge in [0.15, 0.2) is 5.79 Å². The molecule has 2 N–H and O–H groups in total. The monoisotopic (exact) mass is 457 g/mol. The Balaban J connectivity index is 1.23. The molecule has 5 nitrogen and oxygen atoms in total. The number of carbonyl (C=O) groups is 1. The Labute approximate surface area is 199 Å². The van der Waals surface area contributed by atoms with Crippen LogP contribution in [-0.2, 0) is 19.0 Å². The Morgan fingerprint density at radius 1 is 1.18 bits per heavy atom. The number of carbonyl (C=O) groups excluding carboxylic acids is 1. The maximum absolute atomic E-state index is 11.8. The van der Waals surface area contributed by atoms with E-state index in [1.807, 2.05) is 0 Å². The van der Waals surface area contributed by atoms with E-state index in [0.717, 1.165) is 50.0 Å². The van der Waals surface area contributed by atoms with E-state index in [1.165, 1.54) is 38.5 Å². The van der Waals surface area contributed by atoms with Crippen molar-refractivity contribution in [2.24, 2.45) is 46.2 Å². The van der Waals surface area contributed by atoms with Gasteiger partial charge in [0, 0.05) is 18.8 Å². The second kappa shape index (κ2) is 7.80. The third-order valence-electron chi connectivity index (χ3n) is 11.5. The molecule has 5 heteroatoms. The predicted molar refractivity (Wildman–Crippen MR) is 126 cm³/mol. The van der Waals surface area contributed by atoms with Crippen LogP contribution < -0.4 is 5.73 Å². The van der Waals surface area contributed by atoms with Crippen molar-refractivity contribution >= 4 is 5.97 Å². The molecule has 2 heterocycles. The summed E-state index contributed by atoms with van der Waals surface area (Å²) in [5.41, 5.74) is 7.65. The smallest absolute Gasteiger partial charge is 0.319 e. The number of allylic oxidation sites excluding steroid dienone is 1. The number of fused-ring (bicyclic) bond motifs is 7. The number of ether oxygens (including phenoxy) is 3. The molecule has 2 saturated heterocycles. The minimum atomic E-state index is -0.302. The first-order chi connectivity index (χ1) is 15.8. The van der Waals surface area contributed by atoms with Crippen LogP contribution in [0.25, 0.3) is 0 Å². The molecule has 2 aliphatic heterocycles. The van der Waals surface area contributed by atoms with Gasteiger partial charge < -0.3 is 19.9 Å². The van der Waals surface area contributed by atoms with E-state index in [4.69, 9.17) is 19.9 Å². The third-order valence-corrected chi connectivity index (χ3v) is 11.5. The largest absolute Gasteiger partial charge is 0.461 e. The molecular formula is C28H43NO4. The summed E-state index contributed by atoms with van der Waals surface area (Å²) in [4.78, 5) is 11.8. The van der Waals surface area contributed by atoms with Crippen LogP contribution in [-0.4, -0.2) is 37.1 Å². The van der Waals surface area contributed by atoms with Gasteiger partial charge in [0.1, 0.15) is 6.10 Å². The molecule has 184 valence electrons. The van der Waals surface area contributed by atoms with Crippen molar-refractivity contribution < 1.29 is 19.0 Å². The molecule has 10 atom stereocenters. The highest BCUT2D eigenvalue weighted by Gasteiger charge is 2.68. The van der Waals surface area contributed by atoms with Gasteiger partial charge in [0.2, 0.25) is 0 Å². The van der Waals surface area contributed by atoms with Crippen molar-refractivity contribution in [1.82, 2.24) is 0 Å². The maximum atomic E-state index is 11.8. The Hall–Kier alpha value is -0.910. The van der Waals surface area contributed by atoms with Crippen LogP contribution in [0.2, 0.25) is 0 Å². The molecule has 3 saturated carbocycles. The summed E-state index contributed by atoms with van der Waals surface area (Å²) >= 11 is 0. The zero-order valence-electron chi connectivity index (χ0n) is 20.8. The van der Waals surface area contributed by atoms with E-state index in [0.29, 0.717) is 23.4 Å². The first-order valence-electron chi connectivity index (χ1n) is 13.7. The molecule has 0 aromatic carbocycles. The Morgan fingerprint density at radius 3 is 2.79 bits per heavy atom. The van der Waals surface area contributed by atoms with Crippen molar-refractivity contribution in [3.8, 4) is 0 Å². The molecule has 4 aliphatic carbocycles. The molecule has 0 radical (unpaired) electrons. The van der Waals surface area contributed by atoms with Crippen molar-refractivity contribution in [2.45, 2.75) is 103 Å². The normalized spacial score (nSPS) is 53.0. The van der Waals surface area contributed by atoms with E-state index < -0.39 is 0 Å². The van der Waals surface area contributed by atoms with Gasteiger partial charge in [-0.15, -0.1) is 0 Å². The van der Waals surface area contributed by atoms with Crippen molar-refractivity contribution in [2.75, 3.05) is 13.2 Å². The van der Waals surface area contributed by atoms with E-state index in [9.17, 15) is 4.79 Å². The molecule has 6 aliphatic rings. The number of esters is 1. The number of hydrogen-bond donors (Lipinski definition) is 1. The van der Waals surface area contributed by atoms with E-state index >= 15 is 0 Å². The SMILES string of the molecule is C[C@H]1[C@H]2[C@H](C[C@H]3[C@@H]4CC=C5C[C@@H](OC(=O)CN)CC[C@]5(C)[C@H]4CC[C@]23C)O[C@]12CCCCO2. The highest BCUT2D eigenvalue weighted by atomic mass is 16.7. The van der Waals surface area contributed by atoms with Crippen molar-refractivity contribution in [3.63, 3.8) is 0 Å². The summed E-state index contributed by atoms with van der Waals surface area (Å²) in [6.45, 7) is 8.39. The maximum Gasteiger partial charge on any atom is 0.319 e. The van der Waals surface area contributed by atoms with Gasteiger partial charge in [0.25, 0.3) is 0 Å². The molecule has 6 rings (SSSR count). The second-order valence-corrected chi connectivity index (χ2v) is 12.7. The fourth-order valence-electron chi connectivity index (χ4n) is 9.88. The number of hydrogen-bond acceptors (Lipinski definition) is 5. The summed E-state index contributed by atoms with van der Waals surface area (Å²) in [6.07, 6.45) is 14.5. The first kappa shape index (κ1) is 22.5. The third kappa shape index (κ3) is 3.17. The van der Waals surface area contributed by atoms with Crippen LogP contribution in [0.5, 0.6) is 0 Å². The fourth-order valence-corrected chi connectivity index (χ4v) is 9.88. The molecule has 0 amide bonds. The zero-order chi connectivity index (χ0) is 23.0. The Kier molecular flexibility index (Phi) is 5.33. The molecule has 5 fully saturated rings. The van der Waals surface area contributed by atoms with Crippen LogP contribution in [0.15, 0.2) is 11.6 Å². The van der Waals surface area contributed by atoms with Gasteiger partial charge in [-0.1, -0.05) is 32.4 Å².